The molecule has 4 aromatic rings. The van der Waals surface area contributed by atoms with Gasteiger partial charge in [-0.3, -0.25) is 13.9 Å². The van der Waals surface area contributed by atoms with Crippen LogP contribution < -0.4 is 21.3 Å². The lowest BCUT2D eigenvalue weighted by Crippen LogP contribution is -2.42. The molecule has 1 N–H and O–H groups in total. The van der Waals surface area contributed by atoms with Crippen LogP contribution in [0.3, 0.4) is 0 Å². The van der Waals surface area contributed by atoms with Gasteiger partial charge in [0.15, 0.2) is 0 Å². The number of benzene rings is 2. The molecule has 8 nitrogen and oxygen atoms in total. The van der Waals surface area contributed by atoms with E-state index in [1.54, 1.807) is 49.3 Å². The summed E-state index contributed by atoms with van der Waals surface area (Å²) in [6, 6.07) is 10.8. The van der Waals surface area contributed by atoms with E-state index in [-0.39, 0.29) is 17.2 Å². The number of hydrogen-bond acceptors (Lipinski definition) is 5. The number of nitrogens with zero attached hydrogens (tertiary/aromatic N) is 4. The molecule has 2 aromatic heterocycles. The van der Waals surface area contributed by atoms with Crippen molar-refractivity contribution < 1.29 is 9.13 Å². The quantitative estimate of drug-likeness (QED) is 0.396. The molecular formula is C27H28FN5O3. The molecular weight excluding hydrogens is 461 g/mol. The highest BCUT2D eigenvalue weighted by Gasteiger charge is 2.25. The highest BCUT2D eigenvalue weighted by molar-refractivity contribution is 5.64. The van der Waals surface area contributed by atoms with Gasteiger partial charge in [-0.1, -0.05) is 12.1 Å². The van der Waals surface area contributed by atoms with Crippen LogP contribution in [0.5, 0.6) is 5.75 Å². The highest BCUT2D eigenvalue weighted by atomic mass is 19.1. The number of imidazole rings is 1. The van der Waals surface area contributed by atoms with E-state index in [4.69, 9.17) is 4.74 Å². The van der Waals surface area contributed by atoms with E-state index in [0.29, 0.717) is 29.5 Å². The number of anilines is 2. The zero-order valence-corrected chi connectivity index (χ0v) is 20.4. The molecule has 2 heterocycles. The number of rotatable bonds is 8. The maximum absolute atomic E-state index is 13.5. The van der Waals surface area contributed by atoms with Crippen molar-refractivity contribution in [2.24, 2.45) is 5.92 Å². The molecule has 1 fully saturated rings. The van der Waals surface area contributed by atoms with Crippen LogP contribution in [-0.4, -0.2) is 25.8 Å². The van der Waals surface area contributed by atoms with Gasteiger partial charge in [-0.2, -0.15) is 0 Å². The monoisotopic (exact) mass is 489 g/mol. The number of nitrogens with one attached hydrogen (secondary N) is 1. The normalized spacial score (nSPS) is 14.0. The first-order valence-corrected chi connectivity index (χ1v) is 11.9. The minimum Gasteiger partial charge on any atom is -0.494 e. The van der Waals surface area contributed by atoms with E-state index >= 15 is 0 Å². The number of aromatic nitrogens is 4. The molecule has 36 heavy (non-hydrogen) atoms. The van der Waals surface area contributed by atoms with E-state index < -0.39 is 11.6 Å². The number of hydrogen-bond donors (Lipinski definition) is 1. The standard InChI is InChI=1S/C27H28FN5O3/c1-17-13-32(16-29-17)24-11-10-22(12-25(24)36-3)30-23-15-31(14-19-4-5-19)27(35)33(26(23)34)18(2)20-6-8-21(28)9-7-20/h6-13,15-16,18-19,30H,4-5,14H2,1-3H3. The number of ether oxygens (including phenoxy) is 1. The van der Waals surface area contributed by atoms with Gasteiger partial charge in [-0.15, -0.1) is 0 Å². The molecule has 1 unspecified atom stereocenters. The van der Waals surface area contributed by atoms with Gasteiger partial charge in [-0.25, -0.2) is 14.2 Å². The molecule has 1 saturated carbocycles. The Morgan fingerprint density at radius 1 is 1.14 bits per heavy atom. The van der Waals surface area contributed by atoms with Gasteiger partial charge in [0.05, 0.1) is 30.9 Å². The summed E-state index contributed by atoms with van der Waals surface area (Å²) in [4.78, 5) is 31.2. The topological polar surface area (TPSA) is 83.1 Å². The number of aryl methyl sites for hydroxylation is 1. The summed E-state index contributed by atoms with van der Waals surface area (Å²) in [5.41, 5.74) is 2.46. The summed E-state index contributed by atoms with van der Waals surface area (Å²) in [6.07, 6.45) is 7.33. The summed E-state index contributed by atoms with van der Waals surface area (Å²) in [5.74, 6) is 0.660. The van der Waals surface area contributed by atoms with Crippen molar-refractivity contribution in [1.29, 1.82) is 0 Å². The number of methoxy groups -OCH3 is 1. The second-order valence-electron chi connectivity index (χ2n) is 9.26. The van der Waals surface area contributed by atoms with E-state index in [2.05, 4.69) is 10.3 Å². The Labute approximate surface area is 207 Å². The van der Waals surface area contributed by atoms with Crippen LogP contribution in [0.1, 0.15) is 37.1 Å². The Bertz CT molecular complexity index is 1520. The van der Waals surface area contributed by atoms with Gasteiger partial charge in [-0.05, 0) is 62.4 Å². The van der Waals surface area contributed by atoms with Crippen LogP contribution in [0.2, 0.25) is 0 Å². The van der Waals surface area contributed by atoms with Crippen molar-refractivity contribution in [2.75, 3.05) is 12.4 Å². The molecule has 2 aromatic carbocycles. The maximum atomic E-state index is 13.5. The highest BCUT2D eigenvalue weighted by Crippen LogP contribution is 2.31. The fourth-order valence-corrected chi connectivity index (χ4v) is 4.33. The molecule has 9 heteroatoms. The molecule has 0 saturated heterocycles. The molecule has 0 amide bonds. The Morgan fingerprint density at radius 3 is 2.53 bits per heavy atom. The zero-order chi connectivity index (χ0) is 25.4. The predicted octanol–water partition coefficient (Wildman–Crippen LogP) is 4.41. The van der Waals surface area contributed by atoms with Crippen molar-refractivity contribution in [1.82, 2.24) is 18.7 Å². The summed E-state index contributed by atoms with van der Waals surface area (Å²) in [6.45, 7) is 4.23. The SMILES string of the molecule is COc1cc(Nc2cn(CC3CC3)c(=O)n(C(C)c3ccc(F)cc3)c2=O)ccc1-n1cnc(C)c1. The van der Waals surface area contributed by atoms with Crippen molar-refractivity contribution >= 4 is 11.4 Å². The van der Waals surface area contributed by atoms with Crippen molar-refractivity contribution in [3.05, 3.63) is 99.1 Å². The van der Waals surface area contributed by atoms with E-state index in [1.165, 1.54) is 16.7 Å². The fraction of sp³-hybridized carbons (Fsp3) is 0.296. The second kappa shape index (κ2) is 9.49. The summed E-state index contributed by atoms with van der Waals surface area (Å²) in [7, 11) is 1.58. The molecule has 0 bridgehead atoms. The molecule has 5 rings (SSSR count). The zero-order valence-electron chi connectivity index (χ0n) is 20.4. The molecule has 0 aliphatic heterocycles. The van der Waals surface area contributed by atoms with Crippen LogP contribution in [0.4, 0.5) is 15.8 Å². The first-order chi connectivity index (χ1) is 17.3. The average molecular weight is 490 g/mol. The Kier molecular flexibility index (Phi) is 6.22. The van der Waals surface area contributed by atoms with Crippen LogP contribution in [0, 0.1) is 18.7 Å². The van der Waals surface area contributed by atoms with Gasteiger partial charge in [0.2, 0.25) is 0 Å². The molecule has 186 valence electrons. The van der Waals surface area contributed by atoms with Crippen LogP contribution in [-0.2, 0) is 6.54 Å². The minimum absolute atomic E-state index is 0.275. The van der Waals surface area contributed by atoms with E-state index in [0.717, 1.165) is 24.2 Å². The van der Waals surface area contributed by atoms with E-state index in [9.17, 15) is 14.0 Å². The lowest BCUT2D eigenvalue weighted by atomic mass is 10.1. The first-order valence-electron chi connectivity index (χ1n) is 11.9. The van der Waals surface area contributed by atoms with E-state index in [1.807, 2.05) is 29.8 Å². The van der Waals surface area contributed by atoms with Crippen LogP contribution in [0.15, 0.2) is 70.8 Å². The van der Waals surface area contributed by atoms with Crippen molar-refractivity contribution in [3.63, 3.8) is 0 Å². The van der Waals surface area contributed by atoms with Gasteiger partial charge >= 0.3 is 5.69 Å². The largest absolute Gasteiger partial charge is 0.494 e. The Morgan fingerprint density at radius 2 is 1.89 bits per heavy atom. The van der Waals surface area contributed by atoms with Gasteiger partial charge < -0.3 is 14.6 Å². The summed E-state index contributed by atoms with van der Waals surface area (Å²) >= 11 is 0. The van der Waals surface area contributed by atoms with Crippen molar-refractivity contribution in [2.45, 2.75) is 39.3 Å². The second-order valence-corrected chi connectivity index (χ2v) is 9.26. The predicted molar refractivity (Wildman–Crippen MR) is 136 cm³/mol. The molecule has 1 aliphatic carbocycles. The Hall–Kier alpha value is -4.14. The third kappa shape index (κ3) is 4.68. The molecule has 0 radical (unpaired) electrons. The Balaban J connectivity index is 1.55. The van der Waals surface area contributed by atoms with Crippen LogP contribution in [0.25, 0.3) is 5.69 Å². The average Bonchev–Trinajstić information content (AvgIpc) is 3.59. The lowest BCUT2D eigenvalue weighted by molar-refractivity contribution is 0.413. The van der Waals surface area contributed by atoms with Gasteiger partial charge in [0.25, 0.3) is 5.56 Å². The summed E-state index contributed by atoms with van der Waals surface area (Å²) in [5, 5.41) is 3.19. The fourth-order valence-electron chi connectivity index (χ4n) is 4.33. The van der Waals surface area contributed by atoms with Gasteiger partial charge in [0.1, 0.15) is 17.3 Å². The summed E-state index contributed by atoms with van der Waals surface area (Å²) < 4.78 is 23.8. The van der Waals surface area contributed by atoms with Crippen LogP contribution >= 0.6 is 0 Å². The molecule has 1 aliphatic rings. The third-order valence-corrected chi connectivity index (χ3v) is 6.53. The number of halogens is 1. The first kappa shape index (κ1) is 23.6. The molecule has 0 spiro atoms. The third-order valence-electron chi connectivity index (χ3n) is 6.53. The maximum Gasteiger partial charge on any atom is 0.331 e. The minimum atomic E-state index is -0.570. The smallest absolute Gasteiger partial charge is 0.331 e. The lowest BCUT2D eigenvalue weighted by Gasteiger charge is -2.19. The molecule has 1 atom stereocenters. The van der Waals surface area contributed by atoms with Gasteiger partial charge in [0, 0.05) is 30.7 Å². The van der Waals surface area contributed by atoms with Crippen molar-refractivity contribution in [3.8, 4) is 11.4 Å².